The number of rotatable bonds is 3. The van der Waals surface area contributed by atoms with E-state index in [-0.39, 0.29) is 17.0 Å². The van der Waals surface area contributed by atoms with Crippen molar-refractivity contribution in [2.75, 3.05) is 7.11 Å². The van der Waals surface area contributed by atoms with Crippen LogP contribution in [0.25, 0.3) is 0 Å². The second kappa shape index (κ2) is 5.04. The smallest absolute Gasteiger partial charge is 0.194 e. The SMILES string of the molecule is COC1(C(=O)c2cccc(F)c2)CCC(C)(C)CC1. The van der Waals surface area contributed by atoms with Gasteiger partial charge in [0.2, 0.25) is 0 Å². The Labute approximate surface area is 114 Å². The molecule has 1 saturated carbocycles. The van der Waals surface area contributed by atoms with Gasteiger partial charge in [-0.1, -0.05) is 26.0 Å². The minimum absolute atomic E-state index is 0.0926. The Balaban J connectivity index is 2.25. The second-order valence-electron chi connectivity index (χ2n) is 6.20. The summed E-state index contributed by atoms with van der Waals surface area (Å²) in [5.74, 6) is -0.474. The number of methoxy groups -OCH3 is 1. The fourth-order valence-corrected chi connectivity index (χ4v) is 2.75. The summed E-state index contributed by atoms with van der Waals surface area (Å²) in [6, 6.07) is 5.87. The molecule has 0 unspecified atom stereocenters. The second-order valence-corrected chi connectivity index (χ2v) is 6.20. The molecule has 1 aliphatic carbocycles. The standard InChI is InChI=1S/C16H21FO2/c1-15(2)7-9-16(19-3,10-8-15)14(18)12-5-4-6-13(17)11-12/h4-6,11H,7-10H2,1-3H3. The average Bonchev–Trinajstić information content (AvgIpc) is 2.39. The third kappa shape index (κ3) is 2.86. The molecule has 0 saturated heterocycles. The van der Waals surface area contributed by atoms with E-state index in [1.807, 2.05) is 0 Å². The molecule has 0 aliphatic heterocycles. The van der Waals surface area contributed by atoms with Crippen LogP contribution in [0.5, 0.6) is 0 Å². The number of carbonyl (C=O) groups is 1. The van der Waals surface area contributed by atoms with Gasteiger partial charge in [-0.2, -0.15) is 0 Å². The largest absolute Gasteiger partial charge is 0.370 e. The summed E-state index contributed by atoms with van der Waals surface area (Å²) >= 11 is 0. The summed E-state index contributed by atoms with van der Waals surface area (Å²) in [7, 11) is 1.58. The van der Waals surface area contributed by atoms with E-state index in [9.17, 15) is 9.18 Å². The molecule has 3 heteroatoms. The van der Waals surface area contributed by atoms with E-state index < -0.39 is 5.60 Å². The summed E-state index contributed by atoms with van der Waals surface area (Å²) in [6.07, 6.45) is 3.29. The van der Waals surface area contributed by atoms with Crippen LogP contribution in [-0.4, -0.2) is 18.5 Å². The molecule has 0 spiro atoms. The van der Waals surface area contributed by atoms with Gasteiger partial charge in [0.1, 0.15) is 11.4 Å². The maximum Gasteiger partial charge on any atom is 0.194 e. The number of carbonyl (C=O) groups excluding carboxylic acids is 1. The number of ketones is 1. The van der Waals surface area contributed by atoms with Crippen molar-refractivity contribution in [1.82, 2.24) is 0 Å². The van der Waals surface area contributed by atoms with Crippen LogP contribution in [0, 0.1) is 11.2 Å². The lowest BCUT2D eigenvalue weighted by Gasteiger charge is -2.41. The molecule has 104 valence electrons. The van der Waals surface area contributed by atoms with Gasteiger partial charge in [0, 0.05) is 12.7 Å². The van der Waals surface area contributed by atoms with Crippen molar-refractivity contribution >= 4 is 5.78 Å². The monoisotopic (exact) mass is 264 g/mol. The van der Waals surface area contributed by atoms with Crippen molar-refractivity contribution in [3.63, 3.8) is 0 Å². The Morgan fingerprint density at radius 3 is 2.37 bits per heavy atom. The number of hydrogen-bond acceptors (Lipinski definition) is 2. The summed E-state index contributed by atoms with van der Waals surface area (Å²) in [4.78, 5) is 12.6. The first-order valence-corrected chi connectivity index (χ1v) is 6.74. The summed E-state index contributed by atoms with van der Waals surface area (Å²) in [5, 5.41) is 0. The number of Topliss-reactive ketones (excluding diaryl/α,β-unsaturated/α-hetero) is 1. The van der Waals surface area contributed by atoms with Crippen LogP contribution in [0.1, 0.15) is 49.9 Å². The molecule has 0 atom stereocenters. The van der Waals surface area contributed by atoms with Crippen LogP contribution in [0.3, 0.4) is 0 Å². The molecular formula is C16H21FO2. The third-order valence-corrected chi connectivity index (χ3v) is 4.30. The van der Waals surface area contributed by atoms with Crippen molar-refractivity contribution in [3.05, 3.63) is 35.6 Å². The summed E-state index contributed by atoms with van der Waals surface area (Å²) in [5.41, 5.74) is -0.116. The maximum absolute atomic E-state index is 13.3. The summed E-state index contributed by atoms with van der Waals surface area (Å²) in [6.45, 7) is 4.42. The van der Waals surface area contributed by atoms with E-state index in [1.165, 1.54) is 12.1 Å². The molecule has 0 N–H and O–H groups in total. The van der Waals surface area contributed by atoms with Crippen molar-refractivity contribution in [1.29, 1.82) is 0 Å². The average molecular weight is 264 g/mol. The molecule has 2 rings (SSSR count). The van der Waals surface area contributed by atoms with Gasteiger partial charge in [-0.05, 0) is 43.2 Å². The van der Waals surface area contributed by atoms with Gasteiger partial charge in [-0.15, -0.1) is 0 Å². The van der Waals surface area contributed by atoms with Gasteiger partial charge in [-0.3, -0.25) is 4.79 Å². The Morgan fingerprint density at radius 2 is 1.84 bits per heavy atom. The van der Waals surface area contributed by atoms with E-state index in [2.05, 4.69) is 13.8 Å². The van der Waals surface area contributed by atoms with Crippen LogP contribution >= 0.6 is 0 Å². The predicted molar refractivity (Wildman–Crippen MR) is 72.7 cm³/mol. The molecule has 19 heavy (non-hydrogen) atoms. The molecule has 0 heterocycles. The van der Waals surface area contributed by atoms with Gasteiger partial charge in [0.25, 0.3) is 0 Å². The van der Waals surface area contributed by atoms with E-state index in [0.29, 0.717) is 18.4 Å². The van der Waals surface area contributed by atoms with Crippen LogP contribution in [0.4, 0.5) is 4.39 Å². The molecule has 1 fully saturated rings. The first-order valence-electron chi connectivity index (χ1n) is 6.74. The highest BCUT2D eigenvalue weighted by molar-refractivity contribution is 6.02. The third-order valence-electron chi connectivity index (χ3n) is 4.30. The molecule has 0 bridgehead atoms. The fraction of sp³-hybridized carbons (Fsp3) is 0.562. The van der Waals surface area contributed by atoms with Crippen LogP contribution in [0.15, 0.2) is 24.3 Å². The van der Waals surface area contributed by atoms with Gasteiger partial charge in [-0.25, -0.2) is 4.39 Å². The van der Waals surface area contributed by atoms with Crippen molar-refractivity contribution in [3.8, 4) is 0 Å². The molecule has 1 aliphatic rings. The first-order chi connectivity index (χ1) is 8.88. The highest BCUT2D eigenvalue weighted by Gasteiger charge is 2.44. The van der Waals surface area contributed by atoms with Gasteiger partial charge in [0.05, 0.1) is 0 Å². The molecule has 0 radical (unpaired) electrons. The van der Waals surface area contributed by atoms with Gasteiger partial charge < -0.3 is 4.74 Å². The number of ether oxygens (including phenoxy) is 1. The lowest BCUT2D eigenvalue weighted by Crippen LogP contribution is -2.45. The molecular weight excluding hydrogens is 243 g/mol. The minimum atomic E-state index is -0.774. The molecule has 0 amide bonds. The van der Waals surface area contributed by atoms with Crippen LogP contribution < -0.4 is 0 Å². The van der Waals surface area contributed by atoms with E-state index in [4.69, 9.17) is 4.74 Å². The van der Waals surface area contributed by atoms with Crippen molar-refractivity contribution in [2.45, 2.75) is 45.1 Å². The number of halogens is 1. The zero-order valence-electron chi connectivity index (χ0n) is 11.8. The highest BCUT2D eigenvalue weighted by atomic mass is 19.1. The van der Waals surface area contributed by atoms with E-state index in [0.717, 1.165) is 12.8 Å². The molecule has 1 aromatic carbocycles. The van der Waals surface area contributed by atoms with Crippen LogP contribution in [-0.2, 0) is 4.74 Å². The fourth-order valence-electron chi connectivity index (χ4n) is 2.75. The van der Waals surface area contributed by atoms with E-state index >= 15 is 0 Å². The molecule has 2 nitrogen and oxygen atoms in total. The summed E-state index contributed by atoms with van der Waals surface area (Å²) < 4.78 is 18.8. The van der Waals surface area contributed by atoms with Gasteiger partial charge >= 0.3 is 0 Å². The number of hydrogen-bond donors (Lipinski definition) is 0. The Morgan fingerprint density at radius 1 is 1.21 bits per heavy atom. The van der Waals surface area contributed by atoms with Crippen molar-refractivity contribution < 1.29 is 13.9 Å². The first kappa shape index (κ1) is 14.2. The zero-order chi connectivity index (χ0) is 14.1. The Hall–Kier alpha value is -1.22. The van der Waals surface area contributed by atoms with Crippen molar-refractivity contribution in [2.24, 2.45) is 5.41 Å². The Kier molecular flexibility index (Phi) is 3.77. The van der Waals surface area contributed by atoms with Gasteiger partial charge in [0.15, 0.2) is 5.78 Å². The predicted octanol–water partition coefficient (Wildman–Crippen LogP) is 3.99. The topological polar surface area (TPSA) is 26.3 Å². The molecule has 0 aromatic heterocycles. The maximum atomic E-state index is 13.3. The Bertz CT molecular complexity index is 469. The highest BCUT2D eigenvalue weighted by Crippen LogP contribution is 2.43. The molecule has 1 aromatic rings. The number of benzene rings is 1. The quantitative estimate of drug-likeness (QED) is 0.771. The van der Waals surface area contributed by atoms with E-state index in [1.54, 1.807) is 19.2 Å². The minimum Gasteiger partial charge on any atom is -0.370 e. The zero-order valence-corrected chi connectivity index (χ0v) is 11.8. The normalized spacial score (nSPS) is 21.1. The lowest BCUT2D eigenvalue weighted by atomic mass is 9.68. The lowest BCUT2D eigenvalue weighted by molar-refractivity contribution is -0.0383. The van der Waals surface area contributed by atoms with Crippen LogP contribution in [0.2, 0.25) is 0 Å².